The van der Waals surface area contributed by atoms with Gasteiger partial charge in [-0.3, -0.25) is 0 Å². The second-order valence-electron chi connectivity index (χ2n) is 3.38. The van der Waals surface area contributed by atoms with E-state index in [-0.39, 0.29) is 86.1 Å². The molecule has 1 amide bonds. The fraction of sp³-hybridized carbons (Fsp3) is 0.800. The van der Waals surface area contributed by atoms with E-state index in [0.29, 0.717) is 0 Å². The second kappa shape index (κ2) is 27.1. The van der Waals surface area contributed by atoms with Gasteiger partial charge in [-0.1, -0.05) is 14.9 Å². The molecule has 2 radical (unpaired) electrons. The fourth-order valence-electron chi connectivity index (χ4n) is 0. The van der Waals surface area contributed by atoms with Crippen molar-refractivity contribution in [1.82, 2.24) is 0 Å². The van der Waals surface area contributed by atoms with Crippen LogP contribution >= 0.6 is 0 Å². The summed E-state index contributed by atoms with van der Waals surface area (Å²) < 4.78 is 37.9. The first-order chi connectivity index (χ1) is 7.46. The molecular weight excluding hydrogens is 486 g/mol. The van der Waals surface area contributed by atoms with E-state index in [0.717, 1.165) is 18.8 Å². The molecule has 0 unspecified atom stereocenters. The van der Waals surface area contributed by atoms with Crippen LogP contribution in [0.1, 0.15) is 35.6 Å². The third-order valence-electron chi connectivity index (χ3n) is 0. The summed E-state index contributed by atoms with van der Waals surface area (Å²) >= 11 is 0. The molecule has 0 aromatic rings. The van der Waals surface area contributed by atoms with Crippen molar-refractivity contribution in [2.45, 2.75) is 35.6 Å². The number of sulfonamides is 1. The van der Waals surface area contributed by atoms with Crippen LogP contribution in [0.25, 0.3) is 10.9 Å². The maximum absolute atomic E-state index is 9.63. The zero-order valence-corrected chi connectivity index (χ0v) is 19.7. The summed E-state index contributed by atoms with van der Waals surface area (Å²) in [6.07, 6.45) is 3.15. The maximum atomic E-state index is 9.63. The summed E-state index contributed by atoms with van der Waals surface area (Å²) in [6.45, 7) is 4.25. The Bertz CT molecular complexity index is 370. The molecule has 0 rings (SSSR count). The van der Waals surface area contributed by atoms with E-state index in [4.69, 9.17) is 15.7 Å². The van der Waals surface area contributed by atoms with Gasteiger partial charge in [-0.25, -0.2) is 16.8 Å². The van der Waals surface area contributed by atoms with Crippen molar-refractivity contribution in [2.24, 2.45) is 0 Å². The largest absolute Gasteiger partial charge is 0.668 e. The Balaban J connectivity index is -0.0000000188. The maximum Gasteiger partial charge on any atom is 0.144 e. The Morgan fingerprint density at radius 1 is 0.773 bits per heavy atom. The molecule has 0 atom stereocenters. The summed E-state index contributed by atoms with van der Waals surface area (Å²) in [5.74, 6) is -0.417. The Hall–Kier alpha value is 1.21. The van der Waals surface area contributed by atoms with Gasteiger partial charge in [0, 0.05) is 90.1 Å². The summed E-state index contributed by atoms with van der Waals surface area (Å²) in [4.78, 5) is 18.6. The van der Waals surface area contributed by atoms with Crippen molar-refractivity contribution in [2.75, 3.05) is 18.8 Å². The monoisotopic (exact) mass is 514 g/mol. The van der Waals surface area contributed by atoms with Crippen LogP contribution in [0.15, 0.2) is 0 Å². The molecule has 0 aromatic carbocycles. The number of Topliss-reactive ketones (excluding diaryl/α,β-unsaturated/α-hetero) is 1. The number of sulfone groups is 1. The van der Waals surface area contributed by atoms with E-state index in [1.807, 2.05) is 0 Å². The molecule has 0 aliphatic rings. The van der Waals surface area contributed by atoms with Crippen molar-refractivity contribution < 1.29 is 91.8 Å². The van der Waals surface area contributed by atoms with Crippen molar-refractivity contribution in [1.29, 1.82) is 0 Å². The zero-order chi connectivity index (χ0) is 16.2. The summed E-state index contributed by atoms with van der Waals surface area (Å²) in [6, 6.07) is 0. The first kappa shape index (κ1) is 49.5. The van der Waals surface area contributed by atoms with E-state index in [2.05, 4.69) is 0 Å². The third-order valence-corrected chi connectivity index (χ3v) is 0. The van der Waals surface area contributed by atoms with Gasteiger partial charge in [0.25, 0.3) is 0 Å². The predicted molar refractivity (Wildman–Crippen MR) is 84.8 cm³/mol. The Labute approximate surface area is 186 Å². The minimum atomic E-state index is -3.42. The normalized spacial score (nSPS) is 7.59. The van der Waals surface area contributed by atoms with Crippen molar-refractivity contribution in [3.8, 4) is 0 Å². The Kier molecular flexibility index (Phi) is 60.9. The van der Waals surface area contributed by atoms with Crippen LogP contribution in [-0.2, 0) is 94.9 Å². The van der Waals surface area contributed by atoms with E-state index < -0.39 is 25.8 Å². The average Bonchev–Trinajstić information content (AvgIpc) is 1.70. The number of hydrogen-bond donors (Lipinski definition) is 0. The summed E-state index contributed by atoms with van der Waals surface area (Å²) in [5.41, 5.74) is 5.94. The number of nitrogens with one attached hydrogen (secondary N) is 2. The van der Waals surface area contributed by atoms with E-state index >= 15 is 0 Å². The number of amides is 1. The number of carbonyl (C=O) groups is 2. The minimum absolute atomic E-state index is 0. The molecule has 12 heteroatoms. The van der Waals surface area contributed by atoms with Crippen LogP contribution in [0.2, 0.25) is 0 Å². The van der Waals surface area contributed by atoms with Crippen LogP contribution in [0.3, 0.4) is 0 Å². The predicted octanol–water partition coefficient (Wildman–Crippen LogP) is 2.11. The van der Waals surface area contributed by atoms with Crippen LogP contribution in [-0.4, -0.2) is 47.3 Å². The van der Waals surface area contributed by atoms with Gasteiger partial charge in [0.05, 0.1) is 10.0 Å². The van der Waals surface area contributed by atoms with Crippen LogP contribution < -0.4 is 0 Å². The van der Waals surface area contributed by atoms with E-state index in [1.54, 1.807) is 0 Å². The van der Waals surface area contributed by atoms with Gasteiger partial charge < -0.3 is 20.5 Å². The first-order valence-corrected chi connectivity index (χ1v) is 8.44. The fourth-order valence-corrected chi connectivity index (χ4v) is 0. The van der Waals surface area contributed by atoms with Crippen molar-refractivity contribution in [3.63, 3.8) is 0 Å². The molecule has 0 spiro atoms. The molecule has 8 nitrogen and oxygen atoms in total. The molecule has 0 saturated carbocycles. The van der Waals surface area contributed by atoms with Gasteiger partial charge in [0.1, 0.15) is 15.6 Å². The molecule has 0 bridgehead atoms. The summed E-state index contributed by atoms with van der Waals surface area (Å²) in [7, 11) is -6.08. The molecule has 0 saturated heterocycles. The van der Waals surface area contributed by atoms with Crippen molar-refractivity contribution >= 4 is 31.6 Å². The number of ketones is 1. The van der Waals surface area contributed by atoms with Gasteiger partial charge in [-0.2, -0.15) is 0 Å². The third kappa shape index (κ3) is 5940. The number of hydrogen-bond acceptors (Lipinski definition) is 6. The number of rotatable bonds is 0. The Morgan fingerprint density at radius 3 is 0.773 bits per heavy atom. The summed E-state index contributed by atoms with van der Waals surface area (Å²) in [5, 5.41) is 5.91. The van der Waals surface area contributed by atoms with E-state index in [1.165, 1.54) is 20.8 Å². The minimum Gasteiger partial charge on any atom is -0.668 e. The molecule has 0 aromatic heterocycles. The second-order valence-corrected chi connectivity index (χ2v) is 7.21. The van der Waals surface area contributed by atoms with E-state index in [9.17, 15) is 21.6 Å². The van der Waals surface area contributed by atoms with Crippen LogP contribution in [0, 0.1) is 0 Å². The molecular formula is C10H28N2O6S2Y2-2. The molecule has 22 heavy (non-hydrogen) atoms. The van der Waals surface area contributed by atoms with Gasteiger partial charge in [-0.05, 0) is 20.8 Å². The molecule has 0 aliphatic heterocycles. The average molecular weight is 514 g/mol. The van der Waals surface area contributed by atoms with Gasteiger partial charge in [0.15, 0.2) is 0 Å². The topological polar surface area (TPSA) is 150 Å². The molecule has 2 N–H and O–H groups in total. The van der Waals surface area contributed by atoms with Gasteiger partial charge in [-0.15, -0.1) is 0 Å². The van der Waals surface area contributed by atoms with Gasteiger partial charge in [0.2, 0.25) is 0 Å². The molecule has 0 fully saturated rings. The molecule has 134 valence electrons. The quantitative estimate of drug-likeness (QED) is 0.483. The molecule has 0 aliphatic carbocycles. The van der Waals surface area contributed by atoms with Crippen LogP contribution in [0.5, 0.6) is 0 Å². The SMILES string of the molecule is C.C.CC(C)=O.CC([NH-])=O.CS(C)(=O)=O.CS([NH-])(=O)=O.[Y].[Y]. The standard InChI is InChI=1S/C3H6O.C2H5NO.C2H6O2S.CH4NO2S.2CH4.2Y/c1-3(2)4;1-2(3)4;2*1-5(2,3)4;;;;/h1-2H3;1H3,(H2,3,4);1-2H3;1H3,(H-,2,3,4);2*1H4;;/q;;;-1;;;;/p-1. The van der Waals surface area contributed by atoms with Gasteiger partial charge >= 0.3 is 0 Å². The zero-order valence-electron chi connectivity index (χ0n) is 12.4. The first-order valence-electron chi connectivity index (χ1n) is 4.25. The van der Waals surface area contributed by atoms with Crippen molar-refractivity contribution in [3.05, 3.63) is 10.9 Å². The molecule has 0 heterocycles. The Morgan fingerprint density at radius 2 is 0.773 bits per heavy atom. The van der Waals surface area contributed by atoms with Crippen LogP contribution in [0.4, 0.5) is 0 Å². The smallest absolute Gasteiger partial charge is 0.144 e. The number of carbonyl (C=O) groups excluding carboxylic acids is 2.